The number of aromatic amines is 1. The Morgan fingerprint density at radius 3 is 2.86 bits per heavy atom. The summed E-state index contributed by atoms with van der Waals surface area (Å²) in [5, 5.41) is 14.9. The number of Topliss-reactive ketones (excluding diaryl/α,β-unsaturated/α-hetero) is 1. The Bertz CT molecular complexity index is 635. The average Bonchev–Trinajstić information content (AvgIpc) is 2.94. The molecule has 1 aliphatic rings. The number of nitrogens with zero attached hydrogens (tertiary/aromatic N) is 1. The van der Waals surface area contributed by atoms with Gasteiger partial charge in [0.1, 0.15) is 5.69 Å². The zero-order chi connectivity index (χ0) is 16.1. The number of unbranched alkanes of at least 4 members (excludes halogenated alkanes) is 1. The molecule has 0 saturated heterocycles. The molecule has 118 valence electrons. The molecule has 2 N–H and O–H groups in total. The second-order valence-corrected chi connectivity index (χ2v) is 5.66. The van der Waals surface area contributed by atoms with Gasteiger partial charge in [0.05, 0.1) is 17.1 Å². The number of hydrogen-bond donors (Lipinski definition) is 2. The van der Waals surface area contributed by atoms with Crippen LogP contribution < -0.4 is 0 Å². The first-order valence-electron chi connectivity index (χ1n) is 6.90. The van der Waals surface area contributed by atoms with Crippen molar-refractivity contribution in [2.24, 2.45) is 0 Å². The fourth-order valence-corrected chi connectivity index (χ4v) is 2.96. The lowest BCUT2D eigenvalue weighted by atomic mass is 9.99. The van der Waals surface area contributed by atoms with Crippen LogP contribution in [0.4, 0.5) is 0 Å². The van der Waals surface area contributed by atoms with Gasteiger partial charge in [-0.2, -0.15) is 5.10 Å². The molecular weight excluding hydrogens is 308 g/mol. The Kier molecular flexibility index (Phi) is 5.51. The van der Waals surface area contributed by atoms with Gasteiger partial charge in [-0.25, -0.2) is 4.79 Å². The number of carbonyl (C=O) groups excluding carboxylic acids is 3. The van der Waals surface area contributed by atoms with Crippen molar-refractivity contribution in [1.82, 2.24) is 10.2 Å². The molecule has 22 heavy (non-hydrogen) atoms. The van der Waals surface area contributed by atoms with Gasteiger partial charge in [0.25, 0.3) is 0 Å². The van der Waals surface area contributed by atoms with Gasteiger partial charge in [-0.05, 0) is 25.5 Å². The van der Waals surface area contributed by atoms with Crippen LogP contribution in [-0.4, -0.2) is 51.8 Å². The molecule has 0 unspecified atom stereocenters. The monoisotopic (exact) mass is 324 g/mol. The smallest absolute Gasteiger partial charge is 0.357 e. The van der Waals surface area contributed by atoms with Crippen LogP contribution in [0.3, 0.4) is 0 Å². The van der Waals surface area contributed by atoms with E-state index >= 15 is 0 Å². The van der Waals surface area contributed by atoms with Crippen molar-refractivity contribution in [3.05, 3.63) is 27.9 Å². The Hall–Kier alpha value is -1.93. The van der Waals surface area contributed by atoms with E-state index in [-0.39, 0.29) is 35.1 Å². The number of thioether (sulfide) groups is 1. The molecule has 0 aromatic carbocycles. The van der Waals surface area contributed by atoms with Gasteiger partial charge in [0.15, 0.2) is 5.69 Å². The molecule has 0 radical (unpaired) electrons. The number of nitrogens with one attached hydrogen (secondary N) is 1. The van der Waals surface area contributed by atoms with E-state index in [0.29, 0.717) is 12.2 Å². The summed E-state index contributed by atoms with van der Waals surface area (Å²) >= 11 is 1.24. The number of H-pyrrole nitrogens is 1. The quantitative estimate of drug-likeness (QED) is 0.575. The summed E-state index contributed by atoms with van der Waals surface area (Å²) in [6, 6.07) is 0. The predicted octanol–water partition coefficient (Wildman–Crippen LogP) is 1.35. The molecule has 1 heterocycles. The fraction of sp³-hybridized carbons (Fsp3) is 0.429. The van der Waals surface area contributed by atoms with Gasteiger partial charge in [-0.1, -0.05) is 0 Å². The maximum Gasteiger partial charge on any atom is 0.357 e. The van der Waals surface area contributed by atoms with Crippen LogP contribution in [0.2, 0.25) is 0 Å². The van der Waals surface area contributed by atoms with Crippen LogP contribution in [0.5, 0.6) is 0 Å². The minimum absolute atomic E-state index is 0.0180. The molecule has 1 aromatic heterocycles. The maximum absolute atomic E-state index is 12.5. The Balaban J connectivity index is 2.21. The van der Waals surface area contributed by atoms with Crippen molar-refractivity contribution in [1.29, 1.82) is 0 Å². The van der Waals surface area contributed by atoms with Crippen LogP contribution >= 0.6 is 11.8 Å². The van der Waals surface area contributed by atoms with Crippen molar-refractivity contribution < 1.29 is 24.2 Å². The summed E-state index contributed by atoms with van der Waals surface area (Å²) in [5.41, 5.74) is -0.153. The van der Waals surface area contributed by atoms with Crippen LogP contribution in [0.15, 0.2) is 11.0 Å². The van der Waals surface area contributed by atoms with Gasteiger partial charge in [-0.3, -0.25) is 14.7 Å². The lowest BCUT2D eigenvalue weighted by Crippen LogP contribution is -2.18. The van der Waals surface area contributed by atoms with E-state index in [4.69, 9.17) is 9.84 Å². The molecule has 2 rings (SSSR count). The molecule has 0 spiro atoms. The van der Waals surface area contributed by atoms with Crippen molar-refractivity contribution in [2.45, 2.75) is 19.8 Å². The van der Waals surface area contributed by atoms with Gasteiger partial charge in [-0.15, -0.1) is 11.8 Å². The zero-order valence-electron chi connectivity index (χ0n) is 12.0. The van der Waals surface area contributed by atoms with E-state index in [0.717, 1.165) is 6.42 Å². The number of ether oxygens (including phenoxy) is 1. The van der Waals surface area contributed by atoms with Crippen LogP contribution in [-0.2, 0) is 4.74 Å². The summed E-state index contributed by atoms with van der Waals surface area (Å²) in [7, 11) is 0. The van der Waals surface area contributed by atoms with E-state index in [1.54, 1.807) is 6.92 Å². The summed E-state index contributed by atoms with van der Waals surface area (Å²) in [5.74, 6) is -0.914. The fourth-order valence-electron chi connectivity index (χ4n) is 1.97. The average molecular weight is 324 g/mol. The number of aliphatic hydroxyl groups excluding tert-OH is 1. The highest BCUT2D eigenvalue weighted by Gasteiger charge is 2.34. The number of aromatic nitrogens is 2. The Labute approximate surface area is 131 Å². The highest BCUT2D eigenvalue weighted by molar-refractivity contribution is 8.04. The van der Waals surface area contributed by atoms with Gasteiger partial charge >= 0.3 is 5.97 Å². The van der Waals surface area contributed by atoms with Crippen LogP contribution in [0, 0.1) is 0 Å². The minimum Gasteiger partial charge on any atom is -0.461 e. The second kappa shape index (κ2) is 7.37. The third kappa shape index (κ3) is 3.28. The maximum atomic E-state index is 12.5. The predicted molar refractivity (Wildman–Crippen MR) is 80.1 cm³/mol. The van der Waals surface area contributed by atoms with Crippen LogP contribution in [0.25, 0.3) is 0 Å². The first-order chi connectivity index (χ1) is 10.6. The summed E-state index contributed by atoms with van der Waals surface area (Å²) < 4.78 is 4.86. The van der Waals surface area contributed by atoms with Gasteiger partial charge in [0.2, 0.25) is 11.6 Å². The minimum atomic E-state index is -0.705. The molecule has 1 aliphatic carbocycles. The molecule has 7 nitrogen and oxygen atoms in total. The molecule has 1 aromatic rings. The topological polar surface area (TPSA) is 109 Å². The third-order valence-corrected chi connectivity index (χ3v) is 4.11. The molecule has 0 aliphatic heterocycles. The lowest BCUT2D eigenvalue weighted by Gasteiger charge is -2.11. The zero-order valence-corrected chi connectivity index (χ0v) is 12.9. The molecule has 0 amide bonds. The summed E-state index contributed by atoms with van der Waals surface area (Å²) in [6.07, 6.45) is 2.60. The number of allylic oxidation sites excluding steroid dienone is 2. The molecule has 0 atom stereocenters. The Morgan fingerprint density at radius 2 is 2.18 bits per heavy atom. The first-order valence-corrected chi connectivity index (χ1v) is 7.88. The number of aliphatic hydroxyl groups is 1. The highest BCUT2D eigenvalue weighted by atomic mass is 32.2. The highest BCUT2D eigenvalue weighted by Crippen LogP contribution is 2.30. The second-order valence-electron chi connectivity index (χ2n) is 4.52. The number of carbonyl (C=O) groups is 3. The third-order valence-electron chi connectivity index (χ3n) is 3.00. The van der Waals surface area contributed by atoms with E-state index in [1.807, 2.05) is 0 Å². The van der Waals surface area contributed by atoms with Gasteiger partial charge in [0, 0.05) is 12.7 Å². The number of hydrogen-bond acceptors (Lipinski definition) is 7. The summed E-state index contributed by atoms with van der Waals surface area (Å²) in [4.78, 5) is 36.6. The molecule has 0 fully saturated rings. The summed E-state index contributed by atoms with van der Waals surface area (Å²) in [6.45, 7) is 1.90. The van der Waals surface area contributed by atoms with E-state index in [1.165, 1.54) is 17.8 Å². The lowest BCUT2D eigenvalue weighted by molar-refractivity contribution is 0.0516. The van der Waals surface area contributed by atoms with Crippen LogP contribution in [0.1, 0.15) is 51.1 Å². The molecule has 8 heteroatoms. The number of esters is 1. The standard InChI is InChI=1S/C14H16N2O5S/c1-2-21-14(20)12-10-11(15-16-12)8(18)7-9(13(10)19)22-6-4-3-5-17/h7,17H,2-6H2,1H3,(H,15,16). The normalized spacial score (nSPS) is 13.8. The van der Waals surface area contributed by atoms with E-state index in [9.17, 15) is 14.4 Å². The van der Waals surface area contributed by atoms with Gasteiger partial charge < -0.3 is 9.84 Å². The number of ketones is 2. The number of rotatable bonds is 7. The van der Waals surface area contributed by atoms with Crippen molar-refractivity contribution in [3.8, 4) is 0 Å². The van der Waals surface area contributed by atoms with Crippen molar-refractivity contribution in [2.75, 3.05) is 19.0 Å². The first kappa shape index (κ1) is 16.4. The molecule has 0 bridgehead atoms. The SMILES string of the molecule is CCOC(=O)c1[nH]nc2c1C(=O)C(SCCCCO)=CC2=O. The van der Waals surface area contributed by atoms with Crippen molar-refractivity contribution >= 4 is 29.3 Å². The number of fused-ring (bicyclic) bond motifs is 1. The van der Waals surface area contributed by atoms with E-state index in [2.05, 4.69) is 10.2 Å². The Morgan fingerprint density at radius 1 is 1.41 bits per heavy atom. The van der Waals surface area contributed by atoms with E-state index < -0.39 is 17.5 Å². The largest absolute Gasteiger partial charge is 0.461 e. The van der Waals surface area contributed by atoms with Crippen molar-refractivity contribution in [3.63, 3.8) is 0 Å². The molecular formula is C14H16N2O5S. The molecule has 0 saturated carbocycles.